The molecular formula is C16H15FO2. The number of benzene rings is 2. The molecule has 3 heteroatoms. The van der Waals surface area contributed by atoms with Gasteiger partial charge in [0.25, 0.3) is 0 Å². The highest BCUT2D eigenvalue weighted by Crippen LogP contribution is 2.20. The van der Waals surface area contributed by atoms with Crippen LogP contribution in [0.4, 0.5) is 4.39 Å². The number of hydrogen-bond donors (Lipinski definition) is 0. The van der Waals surface area contributed by atoms with Gasteiger partial charge in [-0.25, -0.2) is 4.39 Å². The van der Waals surface area contributed by atoms with Crippen LogP contribution in [0.15, 0.2) is 42.5 Å². The highest BCUT2D eigenvalue weighted by atomic mass is 19.1. The molecule has 0 amide bonds. The zero-order valence-electron chi connectivity index (χ0n) is 10.9. The molecule has 0 saturated heterocycles. The maximum absolute atomic E-state index is 12.8. The molecule has 2 aromatic rings. The lowest BCUT2D eigenvalue weighted by molar-refractivity contribution is 0.0992. The summed E-state index contributed by atoms with van der Waals surface area (Å²) in [5.74, 6) is 0.392. The number of carbonyl (C=O) groups is 1. The lowest BCUT2D eigenvalue weighted by Gasteiger charge is -2.07. The van der Waals surface area contributed by atoms with Gasteiger partial charge < -0.3 is 4.74 Å². The first kappa shape index (κ1) is 13.3. The lowest BCUT2D eigenvalue weighted by atomic mass is 10.0. The normalized spacial score (nSPS) is 10.3. The number of ether oxygens (including phenoxy) is 1. The molecule has 0 atom stereocenters. The average Bonchev–Trinajstić information content (AvgIpc) is 2.42. The maximum atomic E-state index is 12.8. The molecule has 0 aliphatic heterocycles. The van der Waals surface area contributed by atoms with E-state index in [1.54, 1.807) is 31.4 Å². The third kappa shape index (κ3) is 3.19. The molecule has 0 N–H and O–H groups in total. The van der Waals surface area contributed by atoms with Gasteiger partial charge in [-0.3, -0.25) is 4.79 Å². The fraction of sp³-hybridized carbons (Fsp3) is 0.188. The second-order valence-corrected chi connectivity index (χ2v) is 4.41. The summed E-state index contributed by atoms with van der Waals surface area (Å²) in [5.41, 5.74) is 2.39. The highest BCUT2D eigenvalue weighted by Gasteiger charge is 2.09. The van der Waals surface area contributed by atoms with Crippen LogP contribution in [0.1, 0.15) is 21.5 Å². The van der Waals surface area contributed by atoms with Crippen molar-refractivity contribution >= 4 is 5.78 Å². The van der Waals surface area contributed by atoms with Crippen LogP contribution in [0.2, 0.25) is 0 Å². The van der Waals surface area contributed by atoms with E-state index in [4.69, 9.17) is 4.74 Å². The lowest BCUT2D eigenvalue weighted by Crippen LogP contribution is -2.04. The summed E-state index contributed by atoms with van der Waals surface area (Å²) in [5, 5.41) is 0. The Morgan fingerprint density at radius 1 is 1.16 bits per heavy atom. The monoisotopic (exact) mass is 258 g/mol. The number of rotatable bonds is 4. The van der Waals surface area contributed by atoms with Gasteiger partial charge >= 0.3 is 0 Å². The van der Waals surface area contributed by atoms with Crippen molar-refractivity contribution in [1.82, 2.24) is 0 Å². The predicted octanol–water partition coefficient (Wildman–Crippen LogP) is 3.57. The summed E-state index contributed by atoms with van der Waals surface area (Å²) in [6.07, 6.45) is 0.256. The minimum atomic E-state index is -0.298. The summed E-state index contributed by atoms with van der Waals surface area (Å²) < 4.78 is 18.0. The first-order valence-corrected chi connectivity index (χ1v) is 6.02. The van der Waals surface area contributed by atoms with Crippen LogP contribution in [0, 0.1) is 12.7 Å². The number of halogens is 1. The highest BCUT2D eigenvalue weighted by molar-refractivity contribution is 5.97. The number of carbonyl (C=O) groups excluding carboxylic acids is 1. The number of aryl methyl sites for hydroxylation is 1. The summed E-state index contributed by atoms with van der Waals surface area (Å²) in [4.78, 5) is 12.1. The Hall–Kier alpha value is -2.16. The van der Waals surface area contributed by atoms with Crippen LogP contribution in [-0.4, -0.2) is 12.9 Å². The van der Waals surface area contributed by atoms with Gasteiger partial charge in [-0.1, -0.05) is 24.3 Å². The number of hydrogen-bond acceptors (Lipinski definition) is 2. The van der Waals surface area contributed by atoms with Crippen LogP contribution < -0.4 is 4.74 Å². The fourth-order valence-electron chi connectivity index (χ4n) is 1.88. The molecule has 0 radical (unpaired) electrons. The molecule has 2 aromatic carbocycles. The minimum Gasteiger partial charge on any atom is -0.496 e. The number of Topliss-reactive ketones (excluding diaryl/α,β-unsaturated/α-hetero) is 1. The quantitative estimate of drug-likeness (QED) is 0.784. The van der Waals surface area contributed by atoms with Gasteiger partial charge in [-0.2, -0.15) is 0 Å². The summed E-state index contributed by atoms with van der Waals surface area (Å²) in [6, 6.07) is 11.3. The fourth-order valence-corrected chi connectivity index (χ4v) is 1.88. The summed E-state index contributed by atoms with van der Waals surface area (Å²) >= 11 is 0. The Morgan fingerprint density at radius 2 is 1.84 bits per heavy atom. The second-order valence-electron chi connectivity index (χ2n) is 4.41. The van der Waals surface area contributed by atoms with Crippen molar-refractivity contribution in [3.8, 4) is 5.75 Å². The van der Waals surface area contributed by atoms with E-state index in [1.807, 2.05) is 13.0 Å². The van der Waals surface area contributed by atoms with Gasteiger partial charge in [-0.15, -0.1) is 0 Å². The smallest absolute Gasteiger partial charge is 0.167 e. The van der Waals surface area contributed by atoms with Gasteiger partial charge in [0.15, 0.2) is 5.78 Å². The molecule has 0 aliphatic rings. The van der Waals surface area contributed by atoms with Crippen molar-refractivity contribution in [2.24, 2.45) is 0 Å². The third-order valence-electron chi connectivity index (χ3n) is 3.01. The largest absolute Gasteiger partial charge is 0.496 e. The molecular weight excluding hydrogens is 243 g/mol. The van der Waals surface area contributed by atoms with Crippen molar-refractivity contribution in [3.05, 3.63) is 65.0 Å². The molecule has 0 bridgehead atoms. The SMILES string of the molecule is COc1cc(C(=O)Cc2ccc(F)cc2)ccc1C. The van der Waals surface area contributed by atoms with E-state index in [0.717, 1.165) is 11.1 Å². The van der Waals surface area contributed by atoms with Crippen molar-refractivity contribution in [2.75, 3.05) is 7.11 Å². The molecule has 0 unspecified atom stereocenters. The van der Waals surface area contributed by atoms with Gasteiger partial charge in [0.05, 0.1) is 7.11 Å². The Balaban J connectivity index is 2.18. The first-order chi connectivity index (χ1) is 9.10. The zero-order valence-corrected chi connectivity index (χ0v) is 10.9. The van der Waals surface area contributed by atoms with E-state index in [0.29, 0.717) is 11.3 Å². The standard InChI is InChI=1S/C16H15FO2/c1-11-3-6-13(10-16(11)19-2)15(18)9-12-4-7-14(17)8-5-12/h3-8,10H,9H2,1-2H3. The van der Waals surface area contributed by atoms with Crippen molar-refractivity contribution in [3.63, 3.8) is 0 Å². The van der Waals surface area contributed by atoms with Gasteiger partial charge in [0.2, 0.25) is 0 Å². The first-order valence-electron chi connectivity index (χ1n) is 6.02. The Bertz CT molecular complexity index is 588. The zero-order chi connectivity index (χ0) is 13.8. The van der Waals surface area contributed by atoms with E-state index < -0.39 is 0 Å². The molecule has 0 spiro atoms. The van der Waals surface area contributed by atoms with Crippen molar-refractivity contribution in [2.45, 2.75) is 13.3 Å². The van der Waals surface area contributed by atoms with E-state index >= 15 is 0 Å². The van der Waals surface area contributed by atoms with Crippen LogP contribution in [0.3, 0.4) is 0 Å². The third-order valence-corrected chi connectivity index (χ3v) is 3.01. The van der Waals surface area contributed by atoms with Crippen molar-refractivity contribution < 1.29 is 13.9 Å². The Kier molecular flexibility index (Phi) is 3.95. The number of methoxy groups -OCH3 is 1. The van der Waals surface area contributed by atoms with Gasteiger partial charge in [-0.05, 0) is 36.2 Å². The summed E-state index contributed by atoms with van der Waals surface area (Å²) in [7, 11) is 1.58. The van der Waals surface area contributed by atoms with Crippen LogP contribution in [0.5, 0.6) is 5.75 Å². The topological polar surface area (TPSA) is 26.3 Å². The molecule has 0 fully saturated rings. The molecule has 0 aliphatic carbocycles. The van der Waals surface area contributed by atoms with E-state index in [-0.39, 0.29) is 18.0 Å². The molecule has 98 valence electrons. The predicted molar refractivity (Wildman–Crippen MR) is 72.2 cm³/mol. The van der Waals surface area contributed by atoms with Crippen LogP contribution in [-0.2, 0) is 6.42 Å². The molecule has 0 aromatic heterocycles. The van der Waals surface area contributed by atoms with E-state index in [9.17, 15) is 9.18 Å². The maximum Gasteiger partial charge on any atom is 0.167 e. The van der Waals surface area contributed by atoms with Crippen LogP contribution in [0.25, 0.3) is 0 Å². The van der Waals surface area contributed by atoms with Crippen LogP contribution >= 0.6 is 0 Å². The molecule has 0 saturated carbocycles. The van der Waals surface area contributed by atoms with Gasteiger partial charge in [0.1, 0.15) is 11.6 Å². The molecule has 0 heterocycles. The summed E-state index contributed by atoms with van der Waals surface area (Å²) in [6.45, 7) is 1.92. The molecule has 2 nitrogen and oxygen atoms in total. The van der Waals surface area contributed by atoms with Crippen molar-refractivity contribution in [1.29, 1.82) is 0 Å². The molecule has 19 heavy (non-hydrogen) atoms. The Morgan fingerprint density at radius 3 is 2.47 bits per heavy atom. The van der Waals surface area contributed by atoms with Gasteiger partial charge in [0, 0.05) is 12.0 Å². The number of ketones is 1. The molecule has 2 rings (SSSR count). The average molecular weight is 258 g/mol. The second kappa shape index (κ2) is 5.65. The Labute approximate surface area is 111 Å². The van der Waals surface area contributed by atoms with E-state index in [1.165, 1.54) is 12.1 Å². The minimum absolute atomic E-state index is 0.00934. The van der Waals surface area contributed by atoms with E-state index in [2.05, 4.69) is 0 Å².